The van der Waals surface area contributed by atoms with Crippen molar-refractivity contribution in [1.29, 1.82) is 0 Å². The lowest BCUT2D eigenvalue weighted by Gasteiger charge is -2.20. The van der Waals surface area contributed by atoms with Crippen LogP contribution in [0.3, 0.4) is 0 Å². The van der Waals surface area contributed by atoms with Gasteiger partial charge in [0.05, 0.1) is 20.8 Å². The molecular weight excluding hydrogens is 286 g/mol. The summed E-state index contributed by atoms with van der Waals surface area (Å²) >= 11 is 1.65. The van der Waals surface area contributed by atoms with Gasteiger partial charge in [-0.05, 0) is 36.6 Å². The largest absolute Gasteiger partial charge is 0.493 e. The lowest BCUT2D eigenvalue weighted by atomic mass is 10.1. The normalized spacial score (nSPS) is 10.2. The van der Waals surface area contributed by atoms with E-state index in [1.54, 1.807) is 43.8 Å². The molecule has 0 radical (unpaired) electrons. The molecule has 1 aromatic carbocycles. The van der Waals surface area contributed by atoms with E-state index in [1.165, 1.54) is 4.88 Å². The summed E-state index contributed by atoms with van der Waals surface area (Å²) in [6.07, 6.45) is 0. The number of carbonyl (C=O) groups is 1. The van der Waals surface area contributed by atoms with Crippen molar-refractivity contribution in [1.82, 2.24) is 4.90 Å². The molecule has 1 aromatic heterocycles. The molecule has 5 heteroatoms. The van der Waals surface area contributed by atoms with Crippen LogP contribution in [0.4, 0.5) is 0 Å². The molecule has 0 spiro atoms. The smallest absolute Gasteiger partial charge is 0.254 e. The van der Waals surface area contributed by atoms with Crippen LogP contribution < -0.4 is 9.47 Å². The Morgan fingerprint density at radius 2 is 1.95 bits per heavy atom. The summed E-state index contributed by atoms with van der Waals surface area (Å²) in [5.74, 6) is 1.18. The predicted octanol–water partition coefficient (Wildman–Crippen LogP) is 3.43. The zero-order valence-corrected chi connectivity index (χ0v) is 13.3. The van der Waals surface area contributed by atoms with E-state index in [1.807, 2.05) is 29.3 Å². The number of rotatable bonds is 6. The second-order valence-corrected chi connectivity index (χ2v) is 5.50. The Labute approximate surface area is 128 Å². The average molecular weight is 305 g/mol. The summed E-state index contributed by atoms with van der Waals surface area (Å²) in [7, 11) is 3.14. The molecule has 0 saturated carbocycles. The molecule has 2 rings (SSSR count). The molecule has 0 fully saturated rings. The number of carbonyl (C=O) groups excluding carboxylic acids is 1. The van der Waals surface area contributed by atoms with Crippen molar-refractivity contribution in [3.63, 3.8) is 0 Å². The van der Waals surface area contributed by atoms with Gasteiger partial charge in [0.15, 0.2) is 11.5 Å². The van der Waals surface area contributed by atoms with Gasteiger partial charge in [-0.15, -0.1) is 11.3 Å². The predicted molar refractivity (Wildman–Crippen MR) is 84.3 cm³/mol. The van der Waals surface area contributed by atoms with E-state index in [0.29, 0.717) is 30.2 Å². The second kappa shape index (κ2) is 7.13. The zero-order chi connectivity index (χ0) is 15.2. The average Bonchev–Trinajstić information content (AvgIpc) is 3.04. The molecule has 0 aliphatic rings. The topological polar surface area (TPSA) is 38.8 Å². The molecule has 0 atom stereocenters. The van der Waals surface area contributed by atoms with Gasteiger partial charge in [-0.3, -0.25) is 4.79 Å². The first-order valence-corrected chi connectivity index (χ1v) is 7.61. The van der Waals surface area contributed by atoms with Crippen LogP contribution in [0.5, 0.6) is 11.5 Å². The monoisotopic (exact) mass is 305 g/mol. The number of ether oxygens (including phenoxy) is 2. The maximum atomic E-state index is 12.6. The highest BCUT2D eigenvalue weighted by molar-refractivity contribution is 7.09. The lowest BCUT2D eigenvalue weighted by Crippen LogP contribution is -2.30. The van der Waals surface area contributed by atoms with E-state index >= 15 is 0 Å². The van der Waals surface area contributed by atoms with Gasteiger partial charge in [0.2, 0.25) is 0 Å². The first-order chi connectivity index (χ1) is 10.2. The van der Waals surface area contributed by atoms with E-state index in [9.17, 15) is 4.79 Å². The van der Waals surface area contributed by atoms with Crippen LogP contribution in [0, 0.1) is 0 Å². The first-order valence-electron chi connectivity index (χ1n) is 6.73. The molecule has 0 bridgehead atoms. The molecular formula is C16H19NO3S. The molecule has 4 nitrogen and oxygen atoms in total. The first kappa shape index (κ1) is 15.4. The van der Waals surface area contributed by atoms with E-state index in [4.69, 9.17) is 9.47 Å². The molecule has 0 aliphatic carbocycles. The minimum atomic E-state index is -0.00754. The van der Waals surface area contributed by atoms with Crippen molar-refractivity contribution in [3.8, 4) is 11.5 Å². The maximum absolute atomic E-state index is 12.6. The maximum Gasteiger partial charge on any atom is 0.254 e. The summed E-state index contributed by atoms with van der Waals surface area (Å²) < 4.78 is 10.4. The van der Waals surface area contributed by atoms with Crippen LogP contribution in [-0.4, -0.2) is 31.6 Å². The van der Waals surface area contributed by atoms with E-state index in [0.717, 1.165) is 0 Å². The third kappa shape index (κ3) is 3.55. The Kier molecular flexibility index (Phi) is 5.22. The van der Waals surface area contributed by atoms with Gasteiger partial charge >= 0.3 is 0 Å². The molecule has 112 valence electrons. The van der Waals surface area contributed by atoms with Crippen LogP contribution in [0.1, 0.15) is 22.2 Å². The summed E-state index contributed by atoms with van der Waals surface area (Å²) in [4.78, 5) is 15.6. The fraction of sp³-hybridized carbons (Fsp3) is 0.312. The summed E-state index contributed by atoms with van der Waals surface area (Å²) in [5.41, 5.74) is 0.603. The van der Waals surface area contributed by atoms with E-state index in [2.05, 4.69) is 0 Å². The number of thiophene rings is 1. The molecule has 1 amide bonds. The Morgan fingerprint density at radius 3 is 2.52 bits per heavy atom. The quantitative estimate of drug-likeness (QED) is 0.821. The van der Waals surface area contributed by atoms with Gasteiger partial charge in [0.1, 0.15) is 0 Å². The van der Waals surface area contributed by atoms with E-state index < -0.39 is 0 Å². The highest BCUT2D eigenvalue weighted by atomic mass is 32.1. The van der Waals surface area contributed by atoms with Gasteiger partial charge in [0.25, 0.3) is 5.91 Å². The number of nitrogens with zero attached hydrogens (tertiary/aromatic N) is 1. The third-order valence-corrected chi connectivity index (χ3v) is 4.09. The van der Waals surface area contributed by atoms with Crippen LogP contribution >= 0.6 is 11.3 Å². The van der Waals surface area contributed by atoms with Crippen molar-refractivity contribution in [3.05, 3.63) is 46.2 Å². The number of methoxy groups -OCH3 is 2. The summed E-state index contributed by atoms with van der Waals surface area (Å²) in [6.45, 7) is 3.26. The van der Waals surface area contributed by atoms with Crippen molar-refractivity contribution in [2.24, 2.45) is 0 Å². The van der Waals surface area contributed by atoms with Gasteiger partial charge in [-0.2, -0.15) is 0 Å². The molecule has 0 N–H and O–H groups in total. The Balaban J connectivity index is 2.21. The van der Waals surface area contributed by atoms with Crippen molar-refractivity contribution in [2.45, 2.75) is 13.5 Å². The minimum Gasteiger partial charge on any atom is -0.493 e. The van der Waals surface area contributed by atoms with Crippen LogP contribution in [0.25, 0.3) is 0 Å². The fourth-order valence-corrected chi connectivity index (χ4v) is 2.79. The Morgan fingerprint density at radius 1 is 1.19 bits per heavy atom. The lowest BCUT2D eigenvalue weighted by molar-refractivity contribution is 0.0754. The number of hydrogen-bond donors (Lipinski definition) is 0. The second-order valence-electron chi connectivity index (χ2n) is 4.47. The third-order valence-electron chi connectivity index (χ3n) is 3.23. The van der Waals surface area contributed by atoms with Crippen molar-refractivity contribution in [2.75, 3.05) is 20.8 Å². The van der Waals surface area contributed by atoms with Crippen molar-refractivity contribution < 1.29 is 14.3 Å². The fourth-order valence-electron chi connectivity index (χ4n) is 2.07. The highest BCUT2D eigenvalue weighted by Gasteiger charge is 2.17. The molecule has 0 aliphatic heterocycles. The van der Waals surface area contributed by atoms with Gasteiger partial charge < -0.3 is 14.4 Å². The molecule has 0 saturated heterocycles. The Hall–Kier alpha value is -2.01. The van der Waals surface area contributed by atoms with E-state index in [-0.39, 0.29) is 5.91 Å². The van der Waals surface area contributed by atoms with Gasteiger partial charge in [0, 0.05) is 17.0 Å². The number of amides is 1. The van der Waals surface area contributed by atoms with Gasteiger partial charge in [-0.1, -0.05) is 6.07 Å². The van der Waals surface area contributed by atoms with Crippen LogP contribution in [0.2, 0.25) is 0 Å². The van der Waals surface area contributed by atoms with Gasteiger partial charge in [-0.25, -0.2) is 0 Å². The molecule has 0 unspecified atom stereocenters. The molecule has 21 heavy (non-hydrogen) atoms. The molecule has 1 heterocycles. The minimum absolute atomic E-state index is 0.00754. The van der Waals surface area contributed by atoms with Crippen LogP contribution in [-0.2, 0) is 6.54 Å². The SMILES string of the molecule is CCN(Cc1cccs1)C(=O)c1ccc(OC)c(OC)c1. The van der Waals surface area contributed by atoms with Crippen LogP contribution in [0.15, 0.2) is 35.7 Å². The molecule has 2 aromatic rings. The van der Waals surface area contributed by atoms with Crippen molar-refractivity contribution >= 4 is 17.2 Å². The summed E-state index contributed by atoms with van der Waals surface area (Å²) in [5, 5.41) is 2.02. The highest BCUT2D eigenvalue weighted by Crippen LogP contribution is 2.28. The zero-order valence-electron chi connectivity index (χ0n) is 12.5. The number of benzene rings is 1. The Bertz CT molecular complexity index is 596. The number of hydrogen-bond acceptors (Lipinski definition) is 4. The summed E-state index contributed by atoms with van der Waals surface area (Å²) in [6, 6.07) is 9.27. The standard InChI is InChI=1S/C16H19NO3S/c1-4-17(11-13-6-5-9-21-13)16(18)12-7-8-14(19-2)15(10-12)20-3/h5-10H,4,11H2,1-3H3.